The average molecular weight is 522 g/mol. The summed E-state index contributed by atoms with van der Waals surface area (Å²) in [6.45, 7) is 4.59. The van der Waals surface area contributed by atoms with Crippen molar-refractivity contribution >= 4 is 38.6 Å². The van der Waals surface area contributed by atoms with Crippen molar-refractivity contribution in [2.24, 2.45) is 0 Å². The van der Waals surface area contributed by atoms with Crippen molar-refractivity contribution < 1.29 is 0 Å². The van der Waals surface area contributed by atoms with Crippen molar-refractivity contribution in [3.8, 4) is 11.1 Å². The molecule has 4 heteroatoms. The van der Waals surface area contributed by atoms with Gasteiger partial charge in [-0.3, -0.25) is 0 Å². The van der Waals surface area contributed by atoms with Crippen LogP contribution in [0.1, 0.15) is 41.0 Å². The van der Waals surface area contributed by atoms with E-state index < -0.39 is 5.41 Å². The Morgan fingerprint density at radius 3 is 1.67 bits per heavy atom. The fourth-order valence-corrected chi connectivity index (χ4v) is 9.00. The lowest BCUT2D eigenvalue weighted by atomic mass is 9.64. The summed E-state index contributed by atoms with van der Waals surface area (Å²) in [7, 11) is 5.75. The first-order valence-electron chi connectivity index (χ1n) is 12.1. The highest BCUT2D eigenvalue weighted by atomic mass is 32.9. The number of fused-ring (bicyclic) bond motifs is 3. The molecule has 1 aliphatic rings. The van der Waals surface area contributed by atoms with E-state index in [1.54, 1.807) is 10.3 Å². The lowest BCUT2D eigenvalue weighted by Crippen LogP contribution is -2.41. The molecule has 5 aromatic rings. The maximum Gasteiger partial charge on any atom is 0.110 e. The zero-order valence-electron chi connectivity index (χ0n) is 20.6. The number of benzene rings is 4. The summed E-state index contributed by atoms with van der Waals surface area (Å²) < 4.78 is 0.985. The molecule has 0 radical (unpaired) electrons. The minimum Gasteiger partial charge on any atom is -0.364 e. The first-order valence-corrected chi connectivity index (χ1v) is 14.7. The zero-order chi connectivity index (χ0) is 24.9. The van der Waals surface area contributed by atoms with Crippen molar-refractivity contribution in [1.29, 1.82) is 0 Å². The molecule has 0 atom stereocenters. The van der Waals surface area contributed by atoms with Crippen LogP contribution in [0, 0.1) is 3.82 Å². The minimum absolute atomic E-state index is 0.0997. The van der Waals surface area contributed by atoms with E-state index in [-0.39, 0.29) is 5.54 Å². The Balaban J connectivity index is 1.73. The Hall–Kier alpha value is -3.05. The molecule has 0 saturated carbocycles. The normalized spacial score (nSPS) is 14.2. The van der Waals surface area contributed by atoms with E-state index in [1.807, 2.05) is 10.3 Å². The molecule has 0 bridgehead atoms. The van der Waals surface area contributed by atoms with Crippen LogP contribution in [-0.2, 0) is 11.0 Å². The van der Waals surface area contributed by atoms with E-state index in [2.05, 4.69) is 135 Å². The largest absolute Gasteiger partial charge is 0.364 e. The molecule has 2 heterocycles. The number of hydrogen-bond acceptors (Lipinski definition) is 4. The van der Waals surface area contributed by atoms with Crippen LogP contribution in [0.2, 0.25) is 0 Å². The summed E-state index contributed by atoms with van der Waals surface area (Å²) >= 11 is 5.92. The molecular weight excluding hydrogens is 495 g/mol. The van der Waals surface area contributed by atoms with Crippen LogP contribution in [0.4, 0.5) is 5.69 Å². The highest BCUT2D eigenvalue weighted by Crippen LogP contribution is 2.54. The SMILES string of the molecule is CN1c2ccc(C(c3ccccc3)(c3ccccc3)c3ccccc3)cc2-c2c(ssc2=S)C1(C)C. The third kappa shape index (κ3) is 3.36. The Labute approximate surface area is 225 Å². The van der Waals surface area contributed by atoms with E-state index in [9.17, 15) is 0 Å². The third-order valence-corrected chi connectivity index (χ3v) is 11.0. The van der Waals surface area contributed by atoms with Crippen LogP contribution in [0.25, 0.3) is 11.1 Å². The third-order valence-electron chi connectivity index (χ3n) is 7.71. The van der Waals surface area contributed by atoms with E-state index >= 15 is 0 Å². The molecule has 0 spiro atoms. The van der Waals surface area contributed by atoms with E-state index in [0.717, 1.165) is 3.82 Å². The monoisotopic (exact) mass is 521 g/mol. The minimum atomic E-state index is -0.467. The smallest absolute Gasteiger partial charge is 0.110 e. The lowest BCUT2D eigenvalue weighted by molar-refractivity contribution is 0.521. The first-order chi connectivity index (χ1) is 17.5. The highest BCUT2D eigenvalue weighted by Gasteiger charge is 2.41. The molecule has 1 aromatic heterocycles. The second-order valence-corrected chi connectivity index (χ2v) is 12.7. The van der Waals surface area contributed by atoms with Crippen LogP contribution >= 0.6 is 32.9 Å². The average Bonchev–Trinajstić information content (AvgIpc) is 3.32. The van der Waals surface area contributed by atoms with Gasteiger partial charge in [0.05, 0.1) is 15.8 Å². The quantitative estimate of drug-likeness (QED) is 0.132. The molecule has 1 aliphatic heterocycles. The van der Waals surface area contributed by atoms with Crippen molar-refractivity contribution in [1.82, 2.24) is 0 Å². The number of rotatable bonds is 4. The fourth-order valence-electron chi connectivity index (χ4n) is 5.68. The van der Waals surface area contributed by atoms with Crippen LogP contribution in [0.15, 0.2) is 109 Å². The van der Waals surface area contributed by atoms with Crippen LogP contribution < -0.4 is 4.90 Å². The number of hydrogen-bond donors (Lipinski definition) is 0. The Morgan fingerprint density at radius 2 is 1.17 bits per heavy atom. The van der Waals surface area contributed by atoms with Gasteiger partial charge in [0.25, 0.3) is 0 Å². The van der Waals surface area contributed by atoms with E-state index in [1.165, 1.54) is 43.9 Å². The molecule has 178 valence electrons. The van der Waals surface area contributed by atoms with E-state index in [0.29, 0.717) is 0 Å². The van der Waals surface area contributed by atoms with Crippen LogP contribution in [0.5, 0.6) is 0 Å². The maximum atomic E-state index is 5.92. The Kier molecular flexibility index (Phi) is 5.71. The van der Waals surface area contributed by atoms with Gasteiger partial charge in [0.2, 0.25) is 0 Å². The molecule has 4 aromatic carbocycles. The zero-order valence-corrected chi connectivity index (χ0v) is 23.0. The first kappa shape index (κ1) is 23.4. The molecule has 0 fully saturated rings. The molecule has 0 N–H and O–H groups in total. The van der Waals surface area contributed by atoms with Gasteiger partial charge in [-0.1, -0.05) is 130 Å². The standard InChI is InChI=1S/C32H27NS3/c1-31(2)29-28(30(34)36-35-29)26-21-25(19-20-27(26)33(31)3)32(22-13-7-4-8-14-22,23-15-9-5-10-16-23)24-17-11-6-12-18-24/h4-21H,1-3H3. The van der Waals surface area contributed by atoms with Gasteiger partial charge in [-0.25, -0.2) is 0 Å². The molecular formula is C32H27NS3. The van der Waals surface area contributed by atoms with Gasteiger partial charge < -0.3 is 4.90 Å². The van der Waals surface area contributed by atoms with Gasteiger partial charge in [-0.05, 0) is 48.2 Å². The van der Waals surface area contributed by atoms with Gasteiger partial charge in [-0.15, -0.1) is 0 Å². The molecule has 0 amide bonds. The van der Waals surface area contributed by atoms with Gasteiger partial charge >= 0.3 is 0 Å². The summed E-state index contributed by atoms with van der Waals surface area (Å²) in [6.07, 6.45) is 0. The molecule has 0 unspecified atom stereocenters. The topological polar surface area (TPSA) is 3.24 Å². The Morgan fingerprint density at radius 1 is 0.667 bits per heavy atom. The molecule has 36 heavy (non-hydrogen) atoms. The van der Waals surface area contributed by atoms with Gasteiger partial charge in [-0.2, -0.15) is 0 Å². The Bertz CT molecular complexity index is 1480. The van der Waals surface area contributed by atoms with Gasteiger partial charge in [0.15, 0.2) is 0 Å². The maximum absolute atomic E-state index is 5.92. The van der Waals surface area contributed by atoms with Crippen molar-refractivity contribution in [3.05, 3.63) is 140 Å². The highest BCUT2D eigenvalue weighted by molar-refractivity contribution is 7.80. The van der Waals surface area contributed by atoms with Crippen LogP contribution in [0.3, 0.4) is 0 Å². The second-order valence-electron chi connectivity index (χ2n) is 9.86. The van der Waals surface area contributed by atoms with Crippen molar-refractivity contribution in [3.63, 3.8) is 0 Å². The molecule has 1 nitrogen and oxygen atoms in total. The molecule has 0 aliphatic carbocycles. The predicted octanol–water partition coefficient (Wildman–Crippen LogP) is 9.27. The molecule has 6 rings (SSSR count). The summed E-state index contributed by atoms with van der Waals surface area (Å²) in [4.78, 5) is 3.76. The number of anilines is 1. The number of nitrogens with zero attached hydrogens (tertiary/aromatic N) is 1. The van der Waals surface area contributed by atoms with Crippen molar-refractivity contribution in [2.75, 3.05) is 11.9 Å². The second kappa shape index (κ2) is 8.81. The van der Waals surface area contributed by atoms with E-state index in [4.69, 9.17) is 12.2 Å². The summed E-state index contributed by atoms with van der Waals surface area (Å²) in [6, 6.07) is 39.7. The summed E-state index contributed by atoms with van der Waals surface area (Å²) in [5.41, 5.74) is 8.13. The summed E-state index contributed by atoms with van der Waals surface area (Å²) in [5.74, 6) is 0. The van der Waals surface area contributed by atoms with Crippen molar-refractivity contribution in [2.45, 2.75) is 24.8 Å². The summed E-state index contributed by atoms with van der Waals surface area (Å²) in [5, 5.41) is 0. The predicted molar refractivity (Wildman–Crippen MR) is 158 cm³/mol. The fraction of sp³-hybridized carbons (Fsp3) is 0.156. The molecule has 0 saturated heterocycles. The van der Waals surface area contributed by atoms with Gasteiger partial charge in [0.1, 0.15) is 3.82 Å². The van der Waals surface area contributed by atoms with Crippen LogP contribution in [-0.4, -0.2) is 7.05 Å². The van der Waals surface area contributed by atoms with Gasteiger partial charge in [0, 0.05) is 23.9 Å². The lowest BCUT2D eigenvalue weighted by Gasteiger charge is -2.43.